The lowest BCUT2D eigenvalue weighted by Gasteiger charge is -2.10. The van der Waals surface area contributed by atoms with Crippen LogP contribution in [0.1, 0.15) is 13.3 Å². The number of amides is 1. The summed E-state index contributed by atoms with van der Waals surface area (Å²) in [6.45, 7) is 2.01. The Bertz CT molecular complexity index is 485. The average Bonchev–Trinajstić information content (AvgIpc) is 2.46. The van der Waals surface area contributed by atoms with Crippen LogP contribution in [-0.4, -0.2) is 36.0 Å². The predicted molar refractivity (Wildman–Crippen MR) is 81.6 cm³/mol. The van der Waals surface area contributed by atoms with Gasteiger partial charge in [-0.2, -0.15) is 11.8 Å². The maximum absolute atomic E-state index is 13.3. The van der Waals surface area contributed by atoms with Crippen molar-refractivity contribution in [2.45, 2.75) is 19.4 Å². The second-order valence-corrected chi connectivity index (χ2v) is 5.33. The lowest BCUT2D eigenvalue weighted by Crippen LogP contribution is -2.32. The number of thioether (sulfide) groups is 1. The van der Waals surface area contributed by atoms with Gasteiger partial charge in [0, 0.05) is 0 Å². The van der Waals surface area contributed by atoms with E-state index in [4.69, 9.17) is 10.5 Å². The zero-order valence-electron chi connectivity index (χ0n) is 11.8. The highest BCUT2D eigenvalue weighted by atomic mass is 32.2. The molecule has 1 aromatic carbocycles. The lowest BCUT2D eigenvalue weighted by atomic mass is 10.2. The fourth-order valence-electron chi connectivity index (χ4n) is 1.49. The van der Waals surface area contributed by atoms with Crippen molar-refractivity contribution in [2.24, 2.45) is 5.73 Å². The van der Waals surface area contributed by atoms with Gasteiger partial charge in [-0.05, 0) is 31.2 Å². The van der Waals surface area contributed by atoms with Crippen molar-refractivity contribution in [3.8, 4) is 0 Å². The number of para-hydroxylation sites is 1. The molecule has 1 atom stereocenters. The van der Waals surface area contributed by atoms with Gasteiger partial charge in [0.25, 0.3) is 0 Å². The standard InChI is InChI=1S/C14H19FN2O3S/c1-2-20-14(19)11(16)7-8-21-9-13(18)17-12-6-4-3-5-10(12)15/h3-6,11H,2,7-9,16H2,1H3,(H,17,18). The molecule has 1 amide bonds. The molecule has 116 valence electrons. The molecule has 0 fully saturated rings. The minimum atomic E-state index is -0.674. The molecule has 0 spiro atoms. The number of hydrogen-bond acceptors (Lipinski definition) is 5. The van der Waals surface area contributed by atoms with Crippen molar-refractivity contribution in [1.82, 2.24) is 0 Å². The molecule has 21 heavy (non-hydrogen) atoms. The summed E-state index contributed by atoms with van der Waals surface area (Å²) >= 11 is 1.33. The van der Waals surface area contributed by atoms with Crippen molar-refractivity contribution in [3.63, 3.8) is 0 Å². The maximum Gasteiger partial charge on any atom is 0.322 e. The predicted octanol–water partition coefficient (Wildman–Crippen LogP) is 1.78. The van der Waals surface area contributed by atoms with E-state index in [2.05, 4.69) is 5.32 Å². The maximum atomic E-state index is 13.3. The van der Waals surface area contributed by atoms with Gasteiger partial charge < -0.3 is 15.8 Å². The normalized spacial score (nSPS) is 11.8. The molecule has 0 aliphatic carbocycles. The molecule has 0 aromatic heterocycles. The van der Waals surface area contributed by atoms with Crippen LogP contribution in [0.25, 0.3) is 0 Å². The molecule has 1 aromatic rings. The van der Waals surface area contributed by atoms with E-state index in [1.54, 1.807) is 19.1 Å². The zero-order chi connectivity index (χ0) is 15.7. The van der Waals surface area contributed by atoms with Gasteiger partial charge in [-0.15, -0.1) is 0 Å². The molecule has 1 rings (SSSR count). The topological polar surface area (TPSA) is 81.4 Å². The summed E-state index contributed by atoms with van der Waals surface area (Å²) < 4.78 is 18.1. The molecule has 0 bridgehead atoms. The molecule has 0 aliphatic heterocycles. The summed E-state index contributed by atoms with van der Waals surface area (Å²) in [5.41, 5.74) is 5.78. The first-order chi connectivity index (χ1) is 10.0. The first-order valence-electron chi connectivity index (χ1n) is 6.59. The number of nitrogens with two attached hydrogens (primary N) is 1. The zero-order valence-corrected chi connectivity index (χ0v) is 12.6. The Morgan fingerprint density at radius 3 is 2.81 bits per heavy atom. The third-order valence-corrected chi connectivity index (χ3v) is 3.53. The highest BCUT2D eigenvalue weighted by Crippen LogP contribution is 2.13. The highest BCUT2D eigenvalue weighted by Gasteiger charge is 2.14. The van der Waals surface area contributed by atoms with Crippen LogP contribution in [0.15, 0.2) is 24.3 Å². The van der Waals surface area contributed by atoms with Crippen LogP contribution in [0.2, 0.25) is 0 Å². The Hall–Kier alpha value is -1.60. The lowest BCUT2D eigenvalue weighted by molar-refractivity contribution is -0.144. The van der Waals surface area contributed by atoms with Crippen molar-refractivity contribution in [3.05, 3.63) is 30.1 Å². The van der Waals surface area contributed by atoms with Crippen LogP contribution < -0.4 is 11.1 Å². The smallest absolute Gasteiger partial charge is 0.322 e. The van der Waals surface area contributed by atoms with Gasteiger partial charge in [-0.3, -0.25) is 9.59 Å². The summed E-state index contributed by atoms with van der Waals surface area (Å²) in [6.07, 6.45) is 0.427. The number of halogens is 1. The Morgan fingerprint density at radius 1 is 1.43 bits per heavy atom. The second kappa shape index (κ2) is 9.36. The molecular weight excluding hydrogens is 295 g/mol. The van der Waals surface area contributed by atoms with Crippen LogP contribution >= 0.6 is 11.8 Å². The second-order valence-electron chi connectivity index (χ2n) is 4.23. The van der Waals surface area contributed by atoms with Crippen LogP contribution in [0.5, 0.6) is 0 Å². The molecule has 0 radical (unpaired) electrons. The number of carbonyl (C=O) groups is 2. The minimum Gasteiger partial charge on any atom is -0.465 e. The quantitative estimate of drug-likeness (QED) is 0.564. The SMILES string of the molecule is CCOC(=O)C(N)CCSCC(=O)Nc1ccccc1F. The monoisotopic (exact) mass is 314 g/mol. The number of benzene rings is 1. The molecule has 0 heterocycles. The van der Waals surface area contributed by atoms with Crippen LogP contribution in [0, 0.1) is 5.82 Å². The van der Waals surface area contributed by atoms with Gasteiger partial charge in [0.2, 0.25) is 5.91 Å². The third-order valence-electron chi connectivity index (χ3n) is 2.54. The van der Waals surface area contributed by atoms with Crippen LogP contribution in [0.3, 0.4) is 0 Å². The molecule has 0 saturated carbocycles. The van der Waals surface area contributed by atoms with Gasteiger partial charge in [-0.1, -0.05) is 12.1 Å². The van der Waals surface area contributed by atoms with E-state index in [1.807, 2.05) is 0 Å². The number of hydrogen-bond donors (Lipinski definition) is 2. The molecule has 7 heteroatoms. The van der Waals surface area contributed by atoms with E-state index in [9.17, 15) is 14.0 Å². The van der Waals surface area contributed by atoms with E-state index < -0.39 is 17.8 Å². The largest absolute Gasteiger partial charge is 0.465 e. The number of rotatable bonds is 8. The van der Waals surface area contributed by atoms with Gasteiger partial charge in [0.1, 0.15) is 11.9 Å². The van der Waals surface area contributed by atoms with Gasteiger partial charge in [-0.25, -0.2) is 4.39 Å². The van der Waals surface area contributed by atoms with Gasteiger partial charge >= 0.3 is 5.97 Å². The van der Waals surface area contributed by atoms with E-state index in [1.165, 1.54) is 23.9 Å². The number of anilines is 1. The Morgan fingerprint density at radius 2 is 2.14 bits per heavy atom. The summed E-state index contributed by atoms with van der Waals surface area (Å²) in [6, 6.07) is 5.29. The highest BCUT2D eigenvalue weighted by molar-refractivity contribution is 7.99. The number of ether oxygens (including phenoxy) is 1. The number of esters is 1. The third kappa shape index (κ3) is 6.59. The average molecular weight is 314 g/mol. The molecule has 0 aliphatic rings. The Labute approximate surface area is 127 Å². The van der Waals surface area contributed by atoms with Gasteiger partial charge in [0.05, 0.1) is 18.0 Å². The number of carbonyl (C=O) groups excluding carboxylic acids is 2. The first-order valence-corrected chi connectivity index (χ1v) is 7.74. The van der Waals surface area contributed by atoms with Crippen LogP contribution in [-0.2, 0) is 14.3 Å². The fraction of sp³-hybridized carbons (Fsp3) is 0.429. The molecular formula is C14H19FN2O3S. The fourth-order valence-corrected chi connectivity index (χ4v) is 2.31. The van der Waals surface area contributed by atoms with Crippen LogP contribution in [0.4, 0.5) is 10.1 Å². The molecule has 0 saturated heterocycles. The number of nitrogens with one attached hydrogen (secondary N) is 1. The Kier molecular flexibility index (Phi) is 7.78. The van der Waals surface area contributed by atoms with Crippen molar-refractivity contribution in [2.75, 3.05) is 23.4 Å². The minimum absolute atomic E-state index is 0.159. The summed E-state index contributed by atoms with van der Waals surface area (Å²) in [7, 11) is 0. The van der Waals surface area contributed by atoms with E-state index in [0.717, 1.165) is 0 Å². The molecule has 5 nitrogen and oxygen atoms in total. The van der Waals surface area contributed by atoms with Crippen molar-refractivity contribution >= 4 is 29.3 Å². The first kappa shape index (κ1) is 17.5. The van der Waals surface area contributed by atoms with E-state index in [-0.39, 0.29) is 17.3 Å². The Balaban J connectivity index is 2.22. The van der Waals surface area contributed by atoms with Gasteiger partial charge in [0.15, 0.2) is 0 Å². The molecule has 3 N–H and O–H groups in total. The van der Waals surface area contributed by atoms with Crippen molar-refractivity contribution in [1.29, 1.82) is 0 Å². The summed E-state index contributed by atoms with van der Waals surface area (Å²) in [5, 5.41) is 2.48. The molecule has 1 unspecified atom stereocenters. The van der Waals surface area contributed by atoms with Crippen molar-refractivity contribution < 1.29 is 18.7 Å². The summed E-state index contributed by atoms with van der Waals surface area (Å²) in [5.74, 6) is -0.488. The summed E-state index contributed by atoms with van der Waals surface area (Å²) in [4.78, 5) is 22.9. The van der Waals surface area contributed by atoms with E-state index in [0.29, 0.717) is 18.8 Å². The van der Waals surface area contributed by atoms with E-state index >= 15 is 0 Å².